The van der Waals surface area contributed by atoms with Gasteiger partial charge in [-0.1, -0.05) is 5.04 Å². The van der Waals surface area contributed by atoms with Crippen LogP contribution in [0.4, 0.5) is 0 Å². The summed E-state index contributed by atoms with van der Waals surface area (Å²) in [7, 11) is 0. The first kappa shape index (κ1) is 17.0. The monoisotopic (exact) mass is 303 g/mol. The molecule has 114 valence electrons. The number of aryl methyl sites for hydroxylation is 2. The first-order valence-corrected chi connectivity index (χ1v) is 7.56. The number of aromatic nitrogens is 1. The van der Waals surface area contributed by atoms with E-state index < -0.39 is 0 Å². The molecule has 0 aliphatic heterocycles. The Kier molecular flexibility index (Phi) is 9.14. The van der Waals surface area contributed by atoms with Crippen LogP contribution < -0.4 is 0 Å². The Hall–Kier alpha value is -1.02. The van der Waals surface area contributed by atoms with E-state index in [1.165, 1.54) is 12.0 Å². The Morgan fingerprint density at radius 3 is 2.90 bits per heavy atom. The summed E-state index contributed by atoms with van der Waals surface area (Å²) >= 11 is 1.19. The molecule has 1 aromatic rings. The molecule has 0 aliphatic rings. The van der Waals surface area contributed by atoms with Gasteiger partial charge in [0.15, 0.2) is 0 Å². The van der Waals surface area contributed by atoms with E-state index in [9.17, 15) is 4.79 Å². The van der Waals surface area contributed by atoms with Gasteiger partial charge in [-0.15, -0.1) is 4.33 Å². The second-order valence-corrected chi connectivity index (χ2v) is 4.73. The number of ether oxygens (including phenoxy) is 1. The topological polar surface area (TPSA) is 69.8 Å². The molecule has 0 amide bonds. The van der Waals surface area contributed by atoms with Crippen LogP contribution >= 0.6 is 12.0 Å². The Bertz CT molecular complexity index is 383. The lowest BCUT2D eigenvalue weighted by Crippen LogP contribution is -2.05. The summed E-state index contributed by atoms with van der Waals surface area (Å²) in [5, 5.41) is 4.42. The van der Waals surface area contributed by atoms with Crippen LogP contribution in [0.2, 0.25) is 0 Å². The second-order valence-electron chi connectivity index (χ2n) is 3.95. The molecule has 0 aliphatic carbocycles. The fourth-order valence-electron chi connectivity index (χ4n) is 1.53. The molecular formula is C13H21NO5S. The fraction of sp³-hybridized carbons (Fsp3) is 0.615. The van der Waals surface area contributed by atoms with Crippen molar-refractivity contribution in [1.29, 1.82) is 0 Å². The highest BCUT2D eigenvalue weighted by Gasteiger charge is 2.05. The summed E-state index contributed by atoms with van der Waals surface area (Å²) in [4.78, 5) is 19.0. The lowest BCUT2D eigenvalue weighted by atomic mass is 10.2. The fourth-order valence-corrected chi connectivity index (χ4v) is 2.00. The summed E-state index contributed by atoms with van der Waals surface area (Å²) in [6, 6.07) is 2.04. The molecule has 0 atom stereocenters. The molecule has 1 heterocycles. The number of hydrogen-bond donors (Lipinski definition) is 1. The quantitative estimate of drug-likeness (QED) is 0.223. The van der Waals surface area contributed by atoms with Crippen molar-refractivity contribution in [2.45, 2.75) is 33.1 Å². The number of nitrogens with one attached hydrogen (secondary N) is 1. The van der Waals surface area contributed by atoms with Crippen molar-refractivity contribution in [3.05, 3.63) is 23.5 Å². The summed E-state index contributed by atoms with van der Waals surface area (Å²) in [5.41, 5.74) is 2.20. The largest absolute Gasteiger partial charge is 0.466 e. The van der Waals surface area contributed by atoms with E-state index in [0.29, 0.717) is 26.1 Å². The van der Waals surface area contributed by atoms with Crippen LogP contribution in [-0.2, 0) is 36.6 Å². The molecule has 0 unspecified atom stereocenters. The van der Waals surface area contributed by atoms with Crippen molar-refractivity contribution < 1.29 is 23.8 Å². The summed E-state index contributed by atoms with van der Waals surface area (Å²) in [5.74, 6) is 0.586. The number of aromatic amines is 1. The molecule has 1 rings (SSSR count). The summed E-state index contributed by atoms with van der Waals surface area (Å²) in [6.45, 7) is 4.49. The zero-order valence-corrected chi connectivity index (χ0v) is 12.7. The molecule has 0 radical (unpaired) electrons. The van der Waals surface area contributed by atoms with Crippen molar-refractivity contribution in [1.82, 2.24) is 4.98 Å². The first-order chi connectivity index (χ1) is 9.76. The number of carbonyl (C=O) groups is 1. The van der Waals surface area contributed by atoms with E-state index in [4.69, 9.17) is 9.07 Å². The highest BCUT2D eigenvalue weighted by Crippen LogP contribution is 2.11. The van der Waals surface area contributed by atoms with Gasteiger partial charge in [0.05, 0.1) is 19.6 Å². The SMILES string of the molecule is CCOOOSCCc1c[nH]c(CCC(=O)OCC)c1. The standard InChI is InChI=1S/C13H21NO5S/c1-3-16-13(15)6-5-12-9-11(10-14-12)7-8-20-19-18-17-4-2/h9-10,14H,3-8H2,1-2H3. The lowest BCUT2D eigenvalue weighted by molar-refractivity contribution is -0.458. The van der Waals surface area contributed by atoms with Crippen LogP contribution in [0.5, 0.6) is 0 Å². The first-order valence-electron chi connectivity index (χ1n) is 6.65. The van der Waals surface area contributed by atoms with Gasteiger partial charge in [-0.25, -0.2) is 4.89 Å². The van der Waals surface area contributed by atoms with E-state index in [1.807, 2.05) is 19.2 Å². The van der Waals surface area contributed by atoms with Crippen LogP contribution in [0.3, 0.4) is 0 Å². The van der Waals surface area contributed by atoms with Gasteiger partial charge in [-0.3, -0.25) is 4.79 Å². The smallest absolute Gasteiger partial charge is 0.306 e. The van der Waals surface area contributed by atoms with Crippen molar-refractivity contribution >= 4 is 18.0 Å². The van der Waals surface area contributed by atoms with Crippen molar-refractivity contribution in [3.8, 4) is 0 Å². The number of hydrogen-bond acceptors (Lipinski definition) is 6. The highest BCUT2D eigenvalue weighted by molar-refractivity contribution is 7.94. The minimum atomic E-state index is -0.166. The van der Waals surface area contributed by atoms with E-state index >= 15 is 0 Å². The molecule has 0 bridgehead atoms. The summed E-state index contributed by atoms with van der Waals surface area (Å²) in [6.07, 6.45) is 3.84. The molecule has 20 heavy (non-hydrogen) atoms. The summed E-state index contributed by atoms with van der Waals surface area (Å²) < 4.78 is 9.62. The molecule has 0 saturated carbocycles. The minimum absolute atomic E-state index is 0.166. The van der Waals surface area contributed by atoms with E-state index in [0.717, 1.165) is 23.4 Å². The number of carbonyl (C=O) groups excluding carboxylic acids is 1. The maximum Gasteiger partial charge on any atom is 0.306 e. The molecule has 7 heteroatoms. The molecule has 1 aromatic heterocycles. The Labute approximate surface area is 123 Å². The van der Waals surface area contributed by atoms with Gasteiger partial charge in [0, 0.05) is 29.7 Å². The Morgan fingerprint density at radius 2 is 2.15 bits per heavy atom. The van der Waals surface area contributed by atoms with Crippen molar-refractivity contribution in [3.63, 3.8) is 0 Å². The average Bonchev–Trinajstić information content (AvgIpc) is 2.89. The van der Waals surface area contributed by atoms with Gasteiger partial charge >= 0.3 is 5.97 Å². The van der Waals surface area contributed by atoms with E-state index in [1.54, 1.807) is 6.92 Å². The number of esters is 1. The Balaban J connectivity index is 2.14. The van der Waals surface area contributed by atoms with Gasteiger partial charge in [-0.2, -0.15) is 0 Å². The average molecular weight is 303 g/mol. The molecule has 1 N–H and O–H groups in total. The molecular weight excluding hydrogens is 282 g/mol. The van der Waals surface area contributed by atoms with Crippen molar-refractivity contribution in [2.75, 3.05) is 19.0 Å². The van der Waals surface area contributed by atoms with E-state index in [-0.39, 0.29) is 5.97 Å². The molecule has 0 fully saturated rings. The number of rotatable bonds is 11. The predicted molar refractivity (Wildman–Crippen MR) is 75.7 cm³/mol. The van der Waals surface area contributed by atoms with Crippen LogP contribution in [0, 0.1) is 0 Å². The Morgan fingerprint density at radius 1 is 1.30 bits per heavy atom. The van der Waals surface area contributed by atoms with Crippen LogP contribution in [0.1, 0.15) is 31.5 Å². The van der Waals surface area contributed by atoms with Crippen LogP contribution in [-0.4, -0.2) is 29.9 Å². The van der Waals surface area contributed by atoms with Gasteiger partial charge in [0.1, 0.15) is 0 Å². The van der Waals surface area contributed by atoms with Gasteiger partial charge in [0.25, 0.3) is 0 Å². The third kappa shape index (κ3) is 7.54. The van der Waals surface area contributed by atoms with Crippen molar-refractivity contribution in [2.24, 2.45) is 0 Å². The molecule has 6 nitrogen and oxygen atoms in total. The predicted octanol–water partition coefficient (Wildman–Crippen LogP) is 2.60. The molecule has 0 saturated heterocycles. The van der Waals surface area contributed by atoms with Gasteiger partial charge in [0.2, 0.25) is 0 Å². The van der Waals surface area contributed by atoms with Crippen LogP contribution in [0.25, 0.3) is 0 Å². The third-order valence-corrected chi connectivity index (χ3v) is 2.94. The highest BCUT2D eigenvalue weighted by atomic mass is 32.2. The molecule has 0 spiro atoms. The third-order valence-electron chi connectivity index (χ3n) is 2.42. The normalized spacial score (nSPS) is 10.7. The zero-order valence-electron chi connectivity index (χ0n) is 11.8. The maximum absolute atomic E-state index is 11.2. The maximum atomic E-state index is 11.2. The van der Waals surface area contributed by atoms with Crippen LogP contribution in [0.15, 0.2) is 12.3 Å². The van der Waals surface area contributed by atoms with Gasteiger partial charge < -0.3 is 9.72 Å². The minimum Gasteiger partial charge on any atom is -0.466 e. The second kappa shape index (κ2) is 10.7. The zero-order chi connectivity index (χ0) is 14.6. The number of H-pyrrole nitrogens is 1. The van der Waals surface area contributed by atoms with Gasteiger partial charge in [-0.05, 0) is 38.3 Å². The lowest BCUT2D eigenvalue weighted by Gasteiger charge is -2.00. The molecule has 0 aromatic carbocycles. The van der Waals surface area contributed by atoms with E-state index in [2.05, 4.69) is 14.9 Å².